The minimum absolute atomic E-state index is 0.459. The van der Waals surface area contributed by atoms with Gasteiger partial charge in [0.1, 0.15) is 0 Å². The van der Waals surface area contributed by atoms with Crippen LogP contribution in [0.1, 0.15) is 18.3 Å². The van der Waals surface area contributed by atoms with Crippen molar-refractivity contribution in [2.75, 3.05) is 0 Å². The molecule has 4 heterocycles. The van der Waals surface area contributed by atoms with Gasteiger partial charge in [-0.15, -0.1) is 0 Å². The standard InChI is InChI=1S/C17H16N4O/c1-17(12-14-15-4-2-7-19(15)9-6-18-14)16-5-3-8-20(16)10-11-21(17)13-22/h2-11,13H,12H2,1H3. The lowest BCUT2D eigenvalue weighted by Crippen LogP contribution is -2.45. The van der Waals surface area contributed by atoms with E-state index in [0.717, 1.165) is 23.3 Å². The minimum Gasteiger partial charge on any atom is -0.324 e. The van der Waals surface area contributed by atoms with Gasteiger partial charge in [-0.3, -0.25) is 9.78 Å². The number of hydrogen-bond acceptors (Lipinski definition) is 2. The van der Waals surface area contributed by atoms with Crippen LogP contribution in [0.3, 0.4) is 0 Å². The first kappa shape index (κ1) is 12.9. The molecule has 0 saturated heterocycles. The van der Waals surface area contributed by atoms with Crippen LogP contribution in [-0.2, 0) is 16.8 Å². The topological polar surface area (TPSA) is 42.5 Å². The van der Waals surface area contributed by atoms with E-state index in [0.29, 0.717) is 6.42 Å². The number of carbonyl (C=O) groups is 1. The number of nitrogens with zero attached hydrogens (tertiary/aromatic N) is 4. The van der Waals surface area contributed by atoms with E-state index in [-0.39, 0.29) is 0 Å². The van der Waals surface area contributed by atoms with E-state index in [9.17, 15) is 4.79 Å². The molecule has 1 atom stereocenters. The Hall–Kier alpha value is -2.82. The summed E-state index contributed by atoms with van der Waals surface area (Å²) in [6.07, 6.45) is 13.0. The predicted molar refractivity (Wildman–Crippen MR) is 83.9 cm³/mol. The van der Waals surface area contributed by atoms with Gasteiger partial charge in [0.25, 0.3) is 0 Å². The van der Waals surface area contributed by atoms with Crippen LogP contribution in [0, 0.1) is 0 Å². The lowest BCUT2D eigenvalue weighted by atomic mass is 9.89. The molecule has 5 heteroatoms. The second kappa shape index (κ2) is 4.59. The Kier molecular flexibility index (Phi) is 2.69. The first-order valence-electron chi connectivity index (χ1n) is 7.22. The van der Waals surface area contributed by atoms with Crippen molar-refractivity contribution in [3.8, 4) is 0 Å². The van der Waals surface area contributed by atoms with E-state index in [1.54, 1.807) is 11.1 Å². The Morgan fingerprint density at radius 1 is 1.18 bits per heavy atom. The molecule has 22 heavy (non-hydrogen) atoms. The van der Waals surface area contributed by atoms with Crippen LogP contribution >= 0.6 is 0 Å². The van der Waals surface area contributed by atoms with Crippen molar-refractivity contribution in [3.05, 3.63) is 66.6 Å². The molecule has 1 aliphatic rings. The Labute approximate surface area is 128 Å². The zero-order valence-corrected chi connectivity index (χ0v) is 12.3. The summed E-state index contributed by atoms with van der Waals surface area (Å²) in [6, 6.07) is 8.11. The summed E-state index contributed by atoms with van der Waals surface area (Å²) < 4.78 is 4.10. The smallest absolute Gasteiger partial charge is 0.214 e. The molecule has 0 aliphatic carbocycles. The lowest BCUT2D eigenvalue weighted by Gasteiger charge is -2.40. The van der Waals surface area contributed by atoms with Crippen LogP contribution in [0.15, 0.2) is 55.3 Å². The van der Waals surface area contributed by atoms with Crippen LogP contribution in [0.5, 0.6) is 0 Å². The van der Waals surface area contributed by atoms with E-state index in [4.69, 9.17) is 0 Å². The van der Waals surface area contributed by atoms with Crippen molar-refractivity contribution in [1.82, 2.24) is 18.9 Å². The average molecular weight is 292 g/mol. The van der Waals surface area contributed by atoms with E-state index >= 15 is 0 Å². The normalized spacial score (nSPS) is 20.3. The second-order valence-corrected chi connectivity index (χ2v) is 5.74. The van der Waals surface area contributed by atoms with Gasteiger partial charge in [0.2, 0.25) is 6.41 Å². The number of aromatic nitrogens is 3. The molecule has 5 nitrogen and oxygen atoms in total. The fourth-order valence-corrected chi connectivity index (χ4v) is 3.25. The van der Waals surface area contributed by atoms with Crippen molar-refractivity contribution < 1.29 is 4.79 Å². The maximum absolute atomic E-state index is 11.6. The highest BCUT2D eigenvalue weighted by Gasteiger charge is 2.37. The molecule has 1 aliphatic heterocycles. The fourth-order valence-electron chi connectivity index (χ4n) is 3.25. The molecule has 0 aromatic carbocycles. The molecule has 0 saturated carbocycles. The fraction of sp³-hybridized carbons (Fsp3) is 0.176. The van der Waals surface area contributed by atoms with Crippen LogP contribution in [-0.4, -0.2) is 25.3 Å². The summed E-state index contributed by atoms with van der Waals surface area (Å²) in [5.74, 6) is 0. The first-order valence-corrected chi connectivity index (χ1v) is 7.22. The molecule has 1 unspecified atom stereocenters. The SMILES string of the molecule is CC1(Cc2nccn3cccc23)c2cccn2C=CN1C=O. The molecule has 4 rings (SSSR count). The minimum atomic E-state index is -0.459. The molecule has 0 radical (unpaired) electrons. The zero-order valence-electron chi connectivity index (χ0n) is 12.3. The van der Waals surface area contributed by atoms with Crippen molar-refractivity contribution in [2.45, 2.75) is 18.9 Å². The van der Waals surface area contributed by atoms with Crippen LogP contribution in [0.2, 0.25) is 0 Å². The summed E-state index contributed by atoms with van der Waals surface area (Å²) >= 11 is 0. The molecular weight excluding hydrogens is 276 g/mol. The summed E-state index contributed by atoms with van der Waals surface area (Å²) in [4.78, 5) is 17.8. The largest absolute Gasteiger partial charge is 0.324 e. The summed E-state index contributed by atoms with van der Waals surface area (Å²) in [6.45, 7) is 2.07. The number of amides is 1. The lowest BCUT2D eigenvalue weighted by molar-refractivity contribution is -0.120. The maximum Gasteiger partial charge on any atom is 0.214 e. The molecule has 0 fully saturated rings. The number of carbonyl (C=O) groups excluding carboxylic acids is 1. The molecule has 0 bridgehead atoms. The second-order valence-electron chi connectivity index (χ2n) is 5.74. The highest BCUT2D eigenvalue weighted by atomic mass is 16.1. The van der Waals surface area contributed by atoms with Gasteiger partial charge in [0.05, 0.1) is 16.7 Å². The van der Waals surface area contributed by atoms with Gasteiger partial charge >= 0.3 is 0 Å². The average Bonchev–Trinajstić information content (AvgIpc) is 3.17. The van der Waals surface area contributed by atoms with Crippen molar-refractivity contribution >= 4 is 18.1 Å². The molecular formula is C17H16N4O. The monoisotopic (exact) mass is 292 g/mol. The summed E-state index contributed by atoms with van der Waals surface area (Å²) in [5.41, 5.74) is 2.67. The third kappa shape index (κ3) is 1.72. The number of fused-ring (bicyclic) bond motifs is 2. The van der Waals surface area contributed by atoms with Crippen molar-refractivity contribution in [3.63, 3.8) is 0 Å². The molecule has 0 spiro atoms. The zero-order chi connectivity index (χ0) is 15.2. The van der Waals surface area contributed by atoms with Gasteiger partial charge in [-0.25, -0.2) is 0 Å². The number of rotatable bonds is 3. The highest BCUT2D eigenvalue weighted by molar-refractivity contribution is 5.58. The highest BCUT2D eigenvalue weighted by Crippen LogP contribution is 2.35. The van der Waals surface area contributed by atoms with E-state index in [2.05, 4.69) is 33.0 Å². The molecule has 110 valence electrons. The van der Waals surface area contributed by atoms with E-state index < -0.39 is 5.54 Å². The third-order valence-electron chi connectivity index (χ3n) is 4.45. The van der Waals surface area contributed by atoms with Gasteiger partial charge < -0.3 is 13.9 Å². The van der Waals surface area contributed by atoms with Crippen LogP contribution in [0.4, 0.5) is 0 Å². The Morgan fingerprint density at radius 3 is 2.91 bits per heavy atom. The molecule has 3 aromatic heterocycles. The Morgan fingerprint density at radius 2 is 2.05 bits per heavy atom. The third-order valence-corrected chi connectivity index (χ3v) is 4.45. The Balaban J connectivity index is 1.85. The van der Waals surface area contributed by atoms with E-state index in [1.807, 2.05) is 43.1 Å². The van der Waals surface area contributed by atoms with E-state index in [1.165, 1.54) is 0 Å². The molecule has 1 amide bonds. The molecule has 0 N–H and O–H groups in total. The number of hydrogen-bond donors (Lipinski definition) is 0. The van der Waals surface area contributed by atoms with Crippen LogP contribution in [0.25, 0.3) is 11.7 Å². The van der Waals surface area contributed by atoms with Gasteiger partial charge in [0, 0.05) is 49.3 Å². The summed E-state index contributed by atoms with van der Waals surface area (Å²) in [7, 11) is 0. The summed E-state index contributed by atoms with van der Waals surface area (Å²) in [5, 5.41) is 0. The first-order chi connectivity index (χ1) is 10.7. The van der Waals surface area contributed by atoms with Gasteiger partial charge in [-0.1, -0.05) is 0 Å². The van der Waals surface area contributed by atoms with Crippen molar-refractivity contribution in [2.24, 2.45) is 0 Å². The molecule has 3 aromatic rings. The van der Waals surface area contributed by atoms with Gasteiger partial charge in [0.15, 0.2) is 0 Å². The van der Waals surface area contributed by atoms with Gasteiger partial charge in [-0.05, 0) is 31.2 Å². The maximum atomic E-state index is 11.6. The van der Waals surface area contributed by atoms with Gasteiger partial charge in [-0.2, -0.15) is 0 Å². The Bertz CT molecular complexity index is 876. The van der Waals surface area contributed by atoms with Crippen LogP contribution < -0.4 is 0 Å². The predicted octanol–water partition coefficient (Wildman–Crippen LogP) is 2.49. The quantitative estimate of drug-likeness (QED) is 0.696. The van der Waals surface area contributed by atoms with Crippen molar-refractivity contribution in [1.29, 1.82) is 0 Å².